The summed E-state index contributed by atoms with van der Waals surface area (Å²) in [4.78, 5) is 13.3. The molecule has 2 heteroatoms. The highest BCUT2D eigenvalue weighted by Crippen LogP contribution is 2.28. The molecule has 82 valence electrons. The van der Waals surface area contributed by atoms with Crippen molar-refractivity contribution in [1.29, 1.82) is 0 Å². The lowest BCUT2D eigenvalue weighted by Gasteiger charge is -2.19. The molecule has 0 N–H and O–H groups in total. The van der Waals surface area contributed by atoms with Crippen LogP contribution in [0.15, 0.2) is 59.0 Å². The van der Waals surface area contributed by atoms with Crippen molar-refractivity contribution in [3.63, 3.8) is 0 Å². The summed E-state index contributed by atoms with van der Waals surface area (Å²) >= 11 is 0. The highest BCUT2D eigenvalue weighted by atomic mass is 16.1. The lowest BCUT2D eigenvalue weighted by Crippen LogP contribution is -2.08. The second-order valence-corrected chi connectivity index (χ2v) is 4.18. The summed E-state index contributed by atoms with van der Waals surface area (Å²) in [5, 5.41) is 0. The van der Waals surface area contributed by atoms with Gasteiger partial charge in [-0.25, -0.2) is 0 Å². The fourth-order valence-electron chi connectivity index (χ4n) is 2.05. The van der Waals surface area contributed by atoms with Gasteiger partial charge >= 0.3 is 0 Å². The fourth-order valence-corrected chi connectivity index (χ4v) is 2.05. The summed E-state index contributed by atoms with van der Waals surface area (Å²) in [5.41, 5.74) is 4.41. The zero-order valence-electron chi connectivity index (χ0n) is 9.82. The molecule has 1 heterocycles. The summed E-state index contributed by atoms with van der Waals surface area (Å²) in [6, 6.07) is 0. The van der Waals surface area contributed by atoms with Crippen LogP contribution in [-0.4, -0.2) is 17.7 Å². The molecule has 0 unspecified atom stereocenters. The molecule has 0 saturated carbocycles. The van der Waals surface area contributed by atoms with Crippen LogP contribution >= 0.6 is 0 Å². The Morgan fingerprint density at radius 1 is 1.00 bits per heavy atom. The molecule has 0 aromatic heterocycles. The van der Waals surface area contributed by atoms with E-state index in [4.69, 9.17) is 0 Å². The highest BCUT2D eigenvalue weighted by Gasteiger charge is 2.14. The average molecular weight is 213 g/mol. The average Bonchev–Trinajstić information content (AvgIpc) is 2.19. The van der Waals surface area contributed by atoms with Gasteiger partial charge in [-0.2, -0.15) is 0 Å². The van der Waals surface area contributed by atoms with Gasteiger partial charge in [-0.3, -0.25) is 4.79 Å². The smallest absolute Gasteiger partial charge is 0.179 e. The molecule has 0 fully saturated rings. The quantitative estimate of drug-likeness (QED) is 0.616. The molecule has 0 saturated heterocycles. The van der Waals surface area contributed by atoms with Crippen molar-refractivity contribution in [3.05, 3.63) is 59.0 Å². The van der Waals surface area contributed by atoms with Gasteiger partial charge in [0.25, 0.3) is 0 Å². The second kappa shape index (κ2) is 3.97. The van der Waals surface area contributed by atoms with Gasteiger partial charge in [0.1, 0.15) is 0 Å². The molecule has 0 radical (unpaired) electrons. The Kier molecular flexibility index (Phi) is 2.65. The normalized spacial score (nSPS) is 20.2. The predicted octanol–water partition coefficient (Wildman–Crippen LogP) is 2.73. The number of carbonyl (C=O) groups is 1. The molecule has 0 amide bonds. The van der Waals surface area contributed by atoms with Crippen molar-refractivity contribution < 1.29 is 4.79 Å². The summed E-state index contributed by atoms with van der Waals surface area (Å²) in [6.45, 7) is 3.97. The third-order valence-electron chi connectivity index (χ3n) is 2.77. The largest absolute Gasteiger partial charge is 0.357 e. The van der Waals surface area contributed by atoms with Gasteiger partial charge in [-0.05, 0) is 60.4 Å². The van der Waals surface area contributed by atoms with Crippen molar-refractivity contribution in [1.82, 2.24) is 4.90 Å². The third-order valence-corrected chi connectivity index (χ3v) is 2.77. The maximum atomic E-state index is 11.3. The van der Waals surface area contributed by atoms with Crippen LogP contribution in [0, 0.1) is 0 Å². The van der Waals surface area contributed by atoms with Gasteiger partial charge in [-0.1, -0.05) is 0 Å². The first-order valence-corrected chi connectivity index (χ1v) is 5.32. The molecule has 16 heavy (non-hydrogen) atoms. The van der Waals surface area contributed by atoms with Crippen LogP contribution in [0.5, 0.6) is 0 Å². The van der Waals surface area contributed by atoms with Crippen molar-refractivity contribution in [3.8, 4) is 0 Å². The SMILES string of the molecule is CC1=CC(=O)C=C(C)C1=C1C=CN(C)C=C1. The highest BCUT2D eigenvalue weighted by molar-refractivity contribution is 6.03. The number of rotatable bonds is 0. The maximum Gasteiger partial charge on any atom is 0.179 e. The van der Waals surface area contributed by atoms with Crippen LogP contribution in [0.2, 0.25) is 0 Å². The van der Waals surface area contributed by atoms with E-state index < -0.39 is 0 Å². The van der Waals surface area contributed by atoms with E-state index in [1.54, 1.807) is 12.2 Å². The van der Waals surface area contributed by atoms with Gasteiger partial charge in [-0.15, -0.1) is 0 Å². The summed E-state index contributed by atoms with van der Waals surface area (Å²) < 4.78 is 0. The van der Waals surface area contributed by atoms with Crippen molar-refractivity contribution in [2.24, 2.45) is 0 Å². The van der Waals surface area contributed by atoms with Crippen molar-refractivity contribution >= 4 is 5.78 Å². The molecule has 0 aromatic carbocycles. The van der Waals surface area contributed by atoms with Crippen LogP contribution in [0.25, 0.3) is 0 Å². The predicted molar refractivity (Wildman–Crippen MR) is 65.6 cm³/mol. The minimum absolute atomic E-state index is 0.0836. The minimum Gasteiger partial charge on any atom is -0.357 e. The van der Waals surface area contributed by atoms with Gasteiger partial charge in [0.2, 0.25) is 0 Å². The molecular weight excluding hydrogens is 198 g/mol. The molecule has 0 atom stereocenters. The summed E-state index contributed by atoms with van der Waals surface area (Å²) in [7, 11) is 1.99. The number of hydrogen-bond donors (Lipinski definition) is 0. The third kappa shape index (κ3) is 1.91. The van der Waals surface area contributed by atoms with Gasteiger partial charge in [0, 0.05) is 19.4 Å². The van der Waals surface area contributed by atoms with Gasteiger partial charge in [0.15, 0.2) is 5.78 Å². The number of allylic oxidation sites excluding steroid dienone is 8. The van der Waals surface area contributed by atoms with Crippen molar-refractivity contribution in [2.75, 3.05) is 7.05 Å². The molecule has 2 nitrogen and oxygen atoms in total. The monoisotopic (exact) mass is 213 g/mol. The van der Waals surface area contributed by atoms with E-state index in [2.05, 4.69) is 12.2 Å². The van der Waals surface area contributed by atoms with Crippen LogP contribution in [0.4, 0.5) is 0 Å². The van der Waals surface area contributed by atoms with Crippen LogP contribution in [0.1, 0.15) is 13.8 Å². The van der Waals surface area contributed by atoms with Crippen LogP contribution < -0.4 is 0 Å². The van der Waals surface area contributed by atoms with Gasteiger partial charge in [0.05, 0.1) is 0 Å². The van der Waals surface area contributed by atoms with Crippen molar-refractivity contribution in [2.45, 2.75) is 13.8 Å². The first kappa shape index (κ1) is 10.7. The van der Waals surface area contributed by atoms with E-state index in [9.17, 15) is 4.79 Å². The van der Waals surface area contributed by atoms with E-state index in [1.807, 2.05) is 38.2 Å². The Morgan fingerprint density at radius 3 is 2.00 bits per heavy atom. The van der Waals surface area contributed by atoms with E-state index in [-0.39, 0.29) is 5.78 Å². The first-order valence-electron chi connectivity index (χ1n) is 5.32. The topological polar surface area (TPSA) is 20.3 Å². The number of ketones is 1. The Hall–Kier alpha value is -1.83. The van der Waals surface area contributed by atoms with E-state index in [0.29, 0.717) is 0 Å². The van der Waals surface area contributed by atoms with Crippen LogP contribution in [0.3, 0.4) is 0 Å². The van der Waals surface area contributed by atoms with Gasteiger partial charge < -0.3 is 4.90 Å². The molecule has 0 aromatic rings. The molecule has 0 spiro atoms. The molecule has 1 aliphatic heterocycles. The van der Waals surface area contributed by atoms with Crippen LogP contribution in [-0.2, 0) is 4.79 Å². The zero-order valence-corrected chi connectivity index (χ0v) is 9.82. The van der Waals surface area contributed by atoms with E-state index in [1.165, 1.54) is 5.57 Å². The second-order valence-electron chi connectivity index (χ2n) is 4.18. The summed E-state index contributed by atoms with van der Waals surface area (Å²) in [5.74, 6) is 0.0836. The first-order chi connectivity index (χ1) is 7.58. The van der Waals surface area contributed by atoms with E-state index in [0.717, 1.165) is 16.7 Å². The molecule has 2 aliphatic rings. The Balaban J connectivity index is 2.48. The lowest BCUT2D eigenvalue weighted by atomic mass is 9.89. The molecular formula is C14H15NO. The lowest BCUT2D eigenvalue weighted by molar-refractivity contribution is -0.110. The molecule has 2 rings (SSSR count). The number of carbonyl (C=O) groups excluding carboxylic acids is 1. The Morgan fingerprint density at radius 2 is 1.50 bits per heavy atom. The number of nitrogens with zero attached hydrogens (tertiary/aromatic N) is 1. The molecule has 1 aliphatic carbocycles. The van der Waals surface area contributed by atoms with E-state index >= 15 is 0 Å². The number of hydrogen-bond acceptors (Lipinski definition) is 2. The molecule has 0 bridgehead atoms. The zero-order chi connectivity index (χ0) is 11.7. The summed E-state index contributed by atoms with van der Waals surface area (Å²) in [6.07, 6.45) is 11.5. The Labute approximate surface area is 95.9 Å². The fraction of sp³-hybridized carbons (Fsp3) is 0.214. The standard InChI is InChI=1S/C14H15NO/c1-10-8-13(16)9-11(2)14(10)12-4-6-15(3)7-5-12/h4-9H,1-3H3. The minimum atomic E-state index is 0.0836. The Bertz CT molecular complexity index is 447. The maximum absolute atomic E-state index is 11.3.